The number of hydrogen-bond acceptors (Lipinski definition) is 4. The van der Waals surface area contributed by atoms with Gasteiger partial charge < -0.3 is 14.4 Å². The summed E-state index contributed by atoms with van der Waals surface area (Å²) in [6.45, 7) is 1.74. The van der Waals surface area contributed by atoms with Crippen molar-refractivity contribution in [3.63, 3.8) is 0 Å². The Labute approximate surface area is 145 Å². The first-order valence-corrected chi connectivity index (χ1v) is 8.02. The summed E-state index contributed by atoms with van der Waals surface area (Å²) in [6.07, 6.45) is -0.845. The molecule has 0 saturated heterocycles. The average Bonchev–Trinajstić information content (AvgIpc) is 2.66. The Morgan fingerprint density at radius 1 is 1.08 bits per heavy atom. The van der Waals surface area contributed by atoms with Crippen LogP contribution in [0.3, 0.4) is 0 Å². The molecule has 2 aromatic carbocycles. The molecule has 3 rings (SSSR count). The van der Waals surface area contributed by atoms with Crippen molar-refractivity contribution in [2.45, 2.75) is 19.1 Å². The fraction of sp³-hybridized carbons (Fsp3) is 0.200. The number of amides is 1. The molecule has 5 heteroatoms. The van der Waals surface area contributed by atoms with Gasteiger partial charge in [-0.1, -0.05) is 42.5 Å². The third kappa shape index (κ3) is 3.32. The lowest BCUT2D eigenvalue weighted by atomic mass is 10.0. The van der Waals surface area contributed by atoms with Crippen molar-refractivity contribution in [1.29, 1.82) is 0 Å². The molecular weight excluding hydrogens is 318 g/mol. The quantitative estimate of drug-likeness (QED) is 0.794. The molecule has 0 unspecified atom stereocenters. The highest BCUT2D eigenvalue weighted by atomic mass is 16.3. The Morgan fingerprint density at radius 2 is 1.72 bits per heavy atom. The van der Waals surface area contributed by atoms with Gasteiger partial charge >= 0.3 is 0 Å². The molecule has 0 saturated carbocycles. The van der Waals surface area contributed by atoms with E-state index in [-0.39, 0.29) is 11.2 Å². The van der Waals surface area contributed by atoms with Crippen LogP contribution in [0.2, 0.25) is 0 Å². The highest BCUT2D eigenvalue weighted by molar-refractivity contribution is 5.93. The van der Waals surface area contributed by atoms with E-state index in [1.807, 2.05) is 18.2 Å². The molecule has 1 aromatic heterocycles. The Morgan fingerprint density at radius 3 is 2.44 bits per heavy atom. The van der Waals surface area contributed by atoms with Crippen LogP contribution in [0.25, 0.3) is 11.0 Å². The van der Waals surface area contributed by atoms with Crippen molar-refractivity contribution in [3.8, 4) is 0 Å². The zero-order valence-electron chi connectivity index (χ0n) is 14.0. The molecule has 25 heavy (non-hydrogen) atoms. The predicted octanol–water partition coefficient (Wildman–Crippen LogP) is 2.99. The highest BCUT2D eigenvalue weighted by Crippen LogP contribution is 2.21. The molecule has 128 valence electrons. The van der Waals surface area contributed by atoms with Crippen LogP contribution >= 0.6 is 0 Å². The first kappa shape index (κ1) is 16.9. The number of aliphatic hydroxyl groups is 1. The van der Waals surface area contributed by atoms with Crippen LogP contribution in [0.5, 0.6) is 0 Å². The minimum absolute atomic E-state index is 0.0432. The summed E-state index contributed by atoms with van der Waals surface area (Å²) < 4.78 is 5.59. The van der Waals surface area contributed by atoms with Gasteiger partial charge in [0.05, 0.1) is 17.5 Å². The SMILES string of the molecule is C[C@H]([C@H](O)c1ccccc1)N(C)C(=O)c1cc(=O)c2ccccc2o1. The maximum absolute atomic E-state index is 12.7. The topological polar surface area (TPSA) is 70.8 Å². The molecule has 5 nitrogen and oxygen atoms in total. The van der Waals surface area contributed by atoms with Gasteiger partial charge in [0.25, 0.3) is 5.91 Å². The number of likely N-dealkylation sites (N-methyl/N-ethyl adjacent to an activating group) is 1. The van der Waals surface area contributed by atoms with Gasteiger partial charge in [0.2, 0.25) is 0 Å². The Hall–Kier alpha value is -2.92. The highest BCUT2D eigenvalue weighted by Gasteiger charge is 2.26. The van der Waals surface area contributed by atoms with Gasteiger partial charge in [-0.2, -0.15) is 0 Å². The minimum atomic E-state index is -0.845. The van der Waals surface area contributed by atoms with Crippen molar-refractivity contribution in [1.82, 2.24) is 4.90 Å². The first-order valence-electron chi connectivity index (χ1n) is 8.02. The van der Waals surface area contributed by atoms with E-state index in [1.54, 1.807) is 50.4 Å². The predicted molar refractivity (Wildman–Crippen MR) is 95.4 cm³/mol. The second kappa shape index (κ2) is 6.91. The van der Waals surface area contributed by atoms with Crippen LogP contribution < -0.4 is 5.43 Å². The van der Waals surface area contributed by atoms with Crippen LogP contribution in [0.4, 0.5) is 0 Å². The van der Waals surface area contributed by atoms with E-state index >= 15 is 0 Å². The van der Waals surface area contributed by atoms with E-state index in [4.69, 9.17) is 4.42 Å². The maximum atomic E-state index is 12.7. The monoisotopic (exact) mass is 337 g/mol. The van der Waals surface area contributed by atoms with E-state index in [0.29, 0.717) is 11.0 Å². The largest absolute Gasteiger partial charge is 0.451 e. The van der Waals surface area contributed by atoms with Crippen LogP contribution in [0.1, 0.15) is 29.1 Å². The fourth-order valence-electron chi connectivity index (χ4n) is 2.71. The van der Waals surface area contributed by atoms with E-state index in [1.165, 1.54) is 11.0 Å². The van der Waals surface area contributed by atoms with E-state index in [9.17, 15) is 14.7 Å². The molecule has 0 aliphatic carbocycles. The number of carbonyl (C=O) groups is 1. The summed E-state index contributed by atoms with van der Waals surface area (Å²) in [5, 5.41) is 10.9. The zero-order valence-corrected chi connectivity index (χ0v) is 14.0. The van der Waals surface area contributed by atoms with Gasteiger partial charge in [0.15, 0.2) is 11.2 Å². The summed E-state index contributed by atoms with van der Waals surface area (Å²) in [5.41, 5.74) is 0.812. The summed E-state index contributed by atoms with van der Waals surface area (Å²) >= 11 is 0. The summed E-state index contributed by atoms with van der Waals surface area (Å²) in [7, 11) is 1.58. The van der Waals surface area contributed by atoms with Gasteiger partial charge in [0, 0.05) is 13.1 Å². The van der Waals surface area contributed by atoms with Crippen LogP contribution in [-0.4, -0.2) is 29.0 Å². The maximum Gasteiger partial charge on any atom is 0.289 e. The number of fused-ring (bicyclic) bond motifs is 1. The standard InChI is InChI=1S/C20H19NO4/c1-13(19(23)14-8-4-3-5-9-14)21(2)20(24)18-12-16(22)15-10-6-7-11-17(15)25-18/h3-13,19,23H,1-2H3/t13-,19+/m1/s1. The van der Waals surface area contributed by atoms with Crippen molar-refractivity contribution in [2.24, 2.45) is 0 Å². The summed E-state index contributed by atoms with van der Waals surface area (Å²) in [5.74, 6) is -0.497. The molecule has 0 fully saturated rings. The van der Waals surface area contributed by atoms with Crippen LogP contribution in [0.15, 0.2) is 69.9 Å². The van der Waals surface area contributed by atoms with Crippen molar-refractivity contribution >= 4 is 16.9 Å². The minimum Gasteiger partial charge on any atom is -0.451 e. The second-order valence-corrected chi connectivity index (χ2v) is 5.98. The molecule has 1 heterocycles. The number of para-hydroxylation sites is 1. The zero-order chi connectivity index (χ0) is 18.0. The van der Waals surface area contributed by atoms with Crippen molar-refractivity contribution in [3.05, 3.63) is 82.2 Å². The number of nitrogens with zero attached hydrogens (tertiary/aromatic N) is 1. The molecular formula is C20H19NO4. The Bertz CT molecular complexity index is 949. The average molecular weight is 337 g/mol. The van der Waals surface area contributed by atoms with E-state index < -0.39 is 18.1 Å². The van der Waals surface area contributed by atoms with Crippen molar-refractivity contribution in [2.75, 3.05) is 7.05 Å². The molecule has 0 aliphatic heterocycles. The molecule has 2 atom stereocenters. The Balaban J connectivity index is 1.88. The number of hydrogen-bond donors (Lipinski definition) is 1. The lowest BCUT2D eigenvalue weighted by Crippen LogP contribution is -2.39. The summed E-state index contributed by atoms with van der Waals surface area (Å²) in [4.78, 5) is 26.3. The lowest BCUT2D eigenvalue weighted by molar-refractivity contribution is 0.0462. The third-order valence-electron chi connectivity index (χ3n) is 4.37. The molecule has 0 radical (unpaired) electrons. The molecule has 0 spiro atoms. The van der Waals surface area contributed by atoms with Gasteiger partial charge in [-0.15, -0.1) is 0 Å². The number of carbonyl (C=O) groups excluding carboxylic acids is 1. The Kier molecular flexibility index (Phi) is 4.67. The lowest BCUT2D eigenvalue weighted by Gasteiger charge is -2.28. The number of aliphatic hydroxyl groups excluding tert-OH is 1. The molecule has 1 N–H and O–H groups in total. The van der Waals surface area contributed by atoms with Crippen LogP contribution in [0, 0.1) is 0 Å². The summed E-state index contributed by atoms with van der Waals surface area (Å²) in [6, 6.07) is 16.6. The second-order valence-electron chi connectivity index (χ2n) is 5.98. The van der Waals surface area contributed by atoms with Gasteiger partial charge in [-0.3, -0.25) is 9.59 Å². The number of rotatable bonds is 4. The fourth-order valence-corrected chi connectivity index (χ4v) is 2.71. The molecule has 0 aliphatic rings. The number of benzene rings is 2. The molecule has 3 aromatic rings. The van der Waals surface area contributed by atoms with E-state index in [2.05, 4.69) is 0 Å². The molecule has 0 bridgehead atoms. The van der Waals surface area contributed by atoms with E-state index in [0.717, 1.165) is 5.56 Å². The van der Waals surface area contributed by atoms with Gasteiger partial charge in [-0.25, -0.2) is 0 Å². The van der Waals surface area contributed by atoms with Crippen molar-refractivity contribution < 1.29 is 14.3 Å². The van der Waals surface area contributed by atoms with Gasteiger partial charge in [0.1, 0.15) is 5.58 Å². The van der Waals surface area contributed by atoms with Gasteiger partial charge in [-0.05, 0) is 24.6 Å². The normalized spacial score (nSPS) is 13.4. The third-order valence-corrected chi connectivity index (χ3v) is 4.37. The van der Waals surface area contributed by atoms with Crippen LogP contribution in [-0.2, 0) is 0 Å². The first-order chi connectivity index (χ1) is 12.0. The molecule has 1 amide bonds. The smallest absolute Gasteiger partial charge is 0.289 e.